The molecule has 3 N–H and O–H groups in total. The second-order valence-corrected chi connectivity index (χ2v) is 12.1. The van der Waals surface area contributed by atoms with Crippen LogP contribution in [0.3, 0.4) is 0 Å². The summed E-state index contributed by atoms with van der Waals surface area (Å²) in [5.41, 5.74) is 1.05. The van der Waals surface area contributed by atoms with E-state index in [-0.39, 0.29) is 16.8 Å². The lowest BCUT2D eigenvalue weighted by Gasteiger charge is -2.20. The van der Waals surface area contributed by atoms with Crippen LogP contribution in [-0.2, 0) is 42.0 Å². The Kier molecular flexibility index (Phi) is 11.6. The van der Waals surface area contributed by atoms with Crippen molar-refractivity contribution < 1.29 is 61.8 Å². The molecule has 2 fully saturated rings. The molecule has 3 heterocycles. The average Bonchev–Trinajstić information content (AvgIpc) is 3.73. The van der Waals surface area contributed by atoms with Gasteiger partial charge in [-0.15, -0.1) is 0 Å². The van der Waals surface area contributed by atoms with Gasteiger partial charge in [0.15, 0.2) is 11.4 Å². The van der Waals surface area contributed by atoms with E-state index in [9.17, 15) is 29.6 Å². The molecular formula is C25H32ClN4O13P. The largest absolute Gasteiger partial charge is 0.510 e. The molecule has 0 unspecified atom stereocenters. The molecule has 19 heteroatoms. The minimum absolute atomic E-state index is 0.0310. The van der Waals surface area contributed by atoms with Crippen LogP contribution in [0, 0.1) is 11.3 Å². The number of nitrogens with zero attached hydrogens (tertiary/aromatic N) is 3. The molecule has 1 saturated carbocycles. The van der Waals surface area contributed by atoms with Gasteiger partial charge in [0.1, 0.15) is 41.9 Å². The third kappa shape index (κ3) is 7.89. The third-order valence-corrected chi connectivity index (χ3v) is 8.73. The van der Waals surface area contributed by atoms with Crippen molar-refractivity contribution in [2.24, 2.45) is 0 Å². The fraction of sp³-hybridized carbons (Fsp3) is 0.600. The van der Waals surface area contributed by atoms with Gasteiger partial charge in [-0.05, 0) is 18.9 Å². The highest BCUT2D eigenvalue weighted by Gasteiger charge is 2.45. The molecule has 4 atom stereocenters. The van der Waals surface area contributed by atoms with Crippen molar-refractivity contribution >= 4 is 48.2 Å². The zero-order chi connectivity index (χ0) is 31.9. The van der Waals surface area contributed by atoms with Crippen molar-refractivity contribution in [1.82, 2.24) is 9.55 Å². The maximum atomic E-state index is 13.1. The maximum Gasteiger partial charge on any atom is 0.510 e. The molecule has 242 valence electrons. The number of carbonyl (C=O) groups excluding carboxylic acids is 2. The second kappa shape index (κ2) is 15.2. The number of fused-ring (bicyclic) bond motifs is 1. The number of aliphatic hydroxyl groups is 2. The summed E-state index contributed by atoms with van der Waals surface area (Å²) in [5.74, 6) is 0. The number of hydrogen-bond donors (Lipinski definition) is 3. The fourth-order valence-electron chi connectivity index (χ4n) is 4.79. The Bertz CT molecular complexity index is 1390. The number of aliphatic hydroxyl groups excluding tert-OH is 2. The number of ether oxygens (including phenoxy) is 6. The first kappa shape index (κ1) is 33.7. The van der Waals surface area contributed by atoms with Gasteiger partial charge in [-0.1, -0.05) is 24.4 Å². The van der Waals surface area contributed by atoms with E-state index in [4.69, 9.17) is 30.1 Å². The summed E-state index contributed by atoms with van der Waals surface area (Å²) in [6, 6.07) is 3.98. The monoisotopic (exact) mass is 662 g/mol. The van der Waals surface area contributed by atoms with Crippen molar-refractivity contribution in [3.63, 3.8) is 0 Å². The Morgan fingerprint density at radius 1 is 1.16 bits per heavy atom. The molecule has 0 spiro atoms. The van der Waals surface area contributed by atoms with Gasteiger partial charge < -0.3 is 48.5 Å². The van der Waals surface area contributed by atoms with Gasteiger partial charge >= 0.3 is 19.9 Å². The standard InChI is InChI=1S/C25H32ClN4O13P/c1-36-24(33)39-11-41-44(35,42-12-40-25(34)37-2)13-38-10-17-19(31)20(32)23(43-17)30-8-7-15-18(28-14-5-3-4-6-14)16(9-27)21(26)29-22(15)30/h7-8,14,17,19-20,23,31-32H,3-6,10-13H2,1-2H3,(H,28,29)/t17-,19-,20-,23-/m1/s1. The molecule has 1 saturated heterocycles. The summed E-state index contributed by atoms with van der Waals surface area (Å²) in [7, 11) is -2.12. The average molecular weight is 663 g/mol. The van der Waals surface area contributed by atoms with Gasteiger partial charge in [0, 0.05) is 17.6 Å². The topological polar surface area (TPSA) is 219 Å². The van der Waals surface area contributed by atoms with E-state index in [0.29, 0.717) is 16.7 Å². The molecule has 4 rings (SSSR count). The van der Waals surface area contributed by atoms with E-state index in [1.165, 1.54) is 4.57 Å². The molecule has 0 bridgehead atoms. The predicted molar refractivity (Wildman–Crippen MR) is 149 cm³/mol. The number of halogens is 1. The fourth-order valence-corrected chi connectivity index (χ4v) is 5.98. The molecule has 0 amide bonds. The first-order valence-corrected chi connectivity index (χ1v) is 15.5. The highest BCUT2D eigenvalue weighted by molar-refractivity contribution is 7.53. The van der Waals surface area contributed by atoms with E-state index in [0.717, 1.165) is 39.9 Å². The van der Waals surface area contributed by atoms with Crippen molar-refractivity contribution in [3.05, 3.63) is 23.0 Å². The number of carbonyl (C=O) groups is 2. The minimum Gasteiger partial charge on any atom is -0.438 e. The summed E-state index contributed by atoms with van der Waals surface area (Å²) in [6.45, 7) is -2.10. The van der Waals surface area contributed by atoms with Crippen molar-refractivity contribution in [3.8, 4) is 6.07 Å². The number of nitrogens with one attached hydrogen (secondary N) is 1. The second-order valence-electron chi connectivity index (χ2n) is 9.70. The normalized spacial score (nSPS) is 22.1. The van der Waals surface area contributed by atoms with Crippen LogP contribution < -0.4 is 5.32 Å². The predicted octanol–water partition coefficient (Wildman–Crippen LogP) is 3.22. The first-order valence-electron chi connectivity index (χ1n) is 13.4. The molecule has 0 aromatic carbocycles. The van der Waals surface area contributed by atoms with E-state index < -0.39 is 71.0 Å². The molecule has 1 aliphatic heterocycles. The first-order chi connectivity index (χ1) is 21.1. The lowest BCUT2D eigenvalue weighted by Crippen LogP contribution is -2.34. The zero-order valence-electron chi connectivity index (χ0n) is 23.8. The number of methoxy groups -OCH3 is 2. The van der Waals surface area contributed by atoms with Crippen molar-refractivity contribution in [2.45, 2.75) is 56.3 Å². The lowest BCUT2D eigenvalue weighted by atomic mass is 10.1. The van der Waals surface area contributed by atoms with Gasteiger partial charge in [-0.2, -0.15) is 5.26 Å². The van der Waals surface area contributed by atoms with Crippen LogP contribution in [0.25, 0.3) is 11.0 Å². The maximum absolute atomic E-state index is 13.1. The number of aromatic nitrogens is 2. The van der Waals surface area contributed by atoms with E-state index >= 15 is 0 Å². The summed E-state index contributed by atoms with van der Waals surface area (Å²) >= 11 is 6.38. The summed E-state index contributed by atoms with van der Waals surface area (Å²) in [6.07, 6.45) is -2.51. The Morgan fingerprint density at radius 2 is 1.80 bits per heavy atom. The summed E-state index contributed by atoms with van der Waals surface area (Å²) in [5, 5.41) is 35.3. The van der Waals surface area contributed by atoms with Crippen molar-refractivity contribution in [1.29, 1.82) is 5.26 Å². The van der Waals surface area contributed by atoms with E-state index in [1.807, 2.05) is 0 Å². The number of anilines is 1. The molecular weight excluding hydrogens is 631 g/mol. The van der Waals surface area contributed by atoms with Crippen LogP contribution in [-0.4, -0.2) is 97.2 Å². The van der Waals surface area contributed by atoms with Crippen LogP contribution in [0.5, 0.6) is 0 Å². The third-order valence-electron chi connectivity index (χ3n) is 6.96. The van der Waals surface area contributed by atoms with Crippen LogP contribution in [0.15, 0.2) is 12.3 Å². The summed E-state index contributed by atoms with van der Waals surface area (Å²) < 4.78 is 53.5. The van der Waals surface area contributed by atoms with Crippen LogP contribution in [0.1, 0.15) is 37.5 Å². The molecule has 2 aromatic heterocycles. The SMILES string of the molecule is COC(=O)OCOP(=O)(COC[C@H]1O[C@@H](n2ccc3c(NC4CCCC4)c(C#N)c(Cl)nc32)[C@H](O)[C@@H]1O)OCOC(=O)OC. The van der Waals surface area contributed by atoms with Gasteiger partial charge in [0.25, 0.3) is 0 Å². The number of hydrogen-bond acceptors (Lipinski definition) is 16. The number of pyridine rings is 1. The van der Waals surface area contributed by atoms with Gasteiger partial charge in [-0.3, -0.25) is 13.6 Å². The van der Waals surface area contributed by atoms with Crippen LogP contribution in [0.4, 0.5) is 15.3 Å². The van der Waals surface area contributed by atoms with Crippen LogP contribution >= 0.6 is 19.2 Å². The van der Waals surface area contributed by atoms with Crippen LogP contribution in [0.2, 0.25) is 5.15 Å². The Labute approximate surface area is 256 Å². The van der Waals surface area contributed by atoms with Crippen molar-refractivity contribution in [2.75, 3.05) is 46.1 Å². The lowest BCUT2D eigenvalue weighted by molar-refractivity contribution is -0.0642. The quantitative estimate of drug-likeness (QED) is 0.121. The molecule has 2 aliphatic rings. The zero-order valence-corrected chi connectivity index (χ0v) is 25.4. The Morgan fingerprint density at radius 3 is 2.39 bits per heavy atom. The minimum atomic E-state index is -4.22. The molecule has 0 radical (unpaired) electrons. The van der Waals surface area contributed by atoms with E-state index in [1.54, 1.807) is 12.3 Å². The molecule has 17 nitrogen and oxygen atoms in total. The smallest absolute Gasteiger partial charge is 0.438 e. The number of rotatable bonds is 13. The molecule has 1 aliphatic carbocycles. The van der Waals surface area contributed by atoms with Gasteiger partial charge in [-0.25, -0.2) is 14.6 Å². The van der Waals surface area contributed by atoms with E-state index in [2.05, 4.69) is 35.3 Å². The summed E-state index contributed by atoms with van der Waals surface area (Å²) in [4.78, 5) is 26.7. The number of nitriles is 1. The Hall–Kier alpha value is -3.20. The Balaban J connectivity index is 1.44. The highest BCUT2D eigenvalue weighted by Crippen LogP contribution is 2.48. The van der Waals surface area contributed by atoms with Gasteiger partial charge in [0.2, 0.25) is 13.6 Å². The highest BCUT2D eigenvalue weighted by atomic mass is 35.5. The molecule has 2 aromatic rings. The van der Waals surface area contributed by atoms with Gasteiger partial charge in [0.05, 0.1) is 26.5 Å². The molecule has 44 heavy (non-hydrogen) atoms.